The Hall–Kier alpha value is -2.22. The van der Waals surface area contributed by atoms with Gasteiger partial charge in [-0.05, 0) is 32.3 Å². The second kappa shape index (κ2) is 7.35. The van der Waals surface area contributed by atoms with Crippen LogP contribution in [-0.2, 0) is 14.3 Å². The van der Waals surface area contributed by atoms with E-state index in [0.717, 1.165) is 20.7 Å². The molecule has 3 heterocycles. The quantitative estimate of drug-likeness (QED) is 0.774. The molecule has 1 amide bonds. The summed E-state index contributed by atoms with van der Waals surface area (Å²) in [5, 5.41) is 0.877. The van der Waals surface area contributed by atoms with Gasteiger partial charge in [0.1, 0.15) is 11.2 Å². The molecule has 2 aromatic heterocycles. The summed E-state index contributed by atoms with van der Waals surface area (Å²) in [5.74, 6) is 0.0345. The third kappa shape index (κ3) is 3.58. The molecule has 0 spiro atoms. The molecule has 134 valence electrons. The van der Waals surface area contributed by atoms with Gasteiger partial charge in [-0.25, -0.2) is 9.97 Å². The van der Waals surface area contributed by atoms with E-state index in [0.29, 0.717) is 31.8 Å². The molecule has 25 heavy (non-hydrogen) atoms. The summed E-state index contributed by atoms with van der Waals surface area (Å²) in [6, 6.07) is 0. The molecule has 1 aliphatic heterocycles. The number of rotatable bonds is 4. The molecule has 0 N–H and O–H groups in total. The summed E-state index contributed by atoms with van der Waals surface area (Å²) in [7, 11) is 1.39. The molecule has 1 aliphatic rings. The number of hydrogen-bond acceptors (Lipinski definition) is 7. The smallest absolute Gasteiger partial charge is 0.308 e. The summed E-state index contributed by atoms with van der Waals surface area (Å²) in [6.45, 7) is 5.05. The lowest BCUT2D eigenvalue weighted by molar-refractivity contribution is -0.149. The Morgan fingerprint density at radius 3 is 2.68 bits per heavy atom. The van der Waals surface area contributed by atoms with Crippen LogP contribution in [0.1, 0.15) is 23.3 Å². The molecule has 8 heteroatoms. The van der Waals surface area contributed by atoms with Gasteiger partial charge in [0, 0.05) is 18.0 Å². The number of aryl methyl sites for hydroxylation is 2. The number of carbonyl (C=O) groups excluding carboxylic acids is 2. The zero-order valence-electron chi connectivity index (χ0n) is 14.6. The number of aromatic nitrogens is 2. The first-order valence-corrected chi connectivity index (χ1v) is 9.02. The van der Waals surface area contributed by atoms with E-state index in [1.165, 1.54) is 13.4 Å². The SMILES string of the molecule is COC(=O)C1CCN(C(=O)COc2ncnc3sc(C)c(C)c23)CC1. The van der Waals surface area contributed by atoms with Crippen LogP contribution in [0.2, 0.25) is 0 Å². The predicted molar refractivity (Wildman–Crippen MR) is 93.7 cm³/mol. The summed E-state index contributed by atoms with van der Waals surface area (Å²) >= 11 is 1.59. The lowest BCUT2D eigenvalue weighted by Crippen LogP contribution is -2.42. The largest absolute Gasteiger partial charge is 0.469 e. The molecule has 0 aromatic carbocycles. The van der Waals surface area contributed by atoms with Gasteiger partial charge >= 0.3 is 5.97 Å². The Bertz CT molecular complexity index is 797. The Labute approximate surface area is 150 Å². The lowest BCUT2D eigenvalue weighted by atomic mass is 9.97. The number of carbonyl (C=O) groups is 2. The number of likely N-dealkylation sites (tertiary alicyclic amines) is 1. The van der Waals surface area contributed by atoms with Crippen molar-refractivity contribution in [1.82, 2.24) is 14.9 Å². The highest BCUT2D eigenvalue weighted by molar-refractivity contribution is 7.18. The highest BCUT2D eigenvalue weighted by Gasteiger charge is 2.28. The standard InChI is InChI=1S/C17H21N3O4S/c1-10-11(2)25-16-14(10)15(18-9-19-16)24-8-13(21)20-6-4-12(5-7-20)17(22)23-3/h9,12H,4-8H2,1-3H3. The number of thiophene rings is 1. The number of ether oxygens (including phenoxy) is 2. The van der Waals surface area contributed by atoms with Crippen LogP contribution in [0.4, 0.5) is 0 Å². The topological polar surface area (TPSA) is 81.6 Å². The molecular formula is C17H21N3O4S. The van der Waals surface area contributed by atoms with Gasteiger partial charge in [0.2, 0.25) is 5.88 Å². The van der Waals surface area contributed by atoms with Crippen molar-refractivity contribution in [2.75, 3.05) is 26.8 Å². The Balaban J connectivity index is 1.61. The third-order valence-corrected chi connectivity index (χ3v) is 5.76. The van der Waals surface area contributed by atoms with Gasteiger partial charge in [0.05, 0.1) is 18.4 Å². The van der Waals surface area contributed by atoms with E-state index in [4.69, 9.17) is 9.47 Å². The van der Waals surface area contributed by atoms with Crippen LogP contribution in [-0.4, -0.2) is 53.6 Å². The van der Waals surface area contributed by atoms with Gasteiger partial charge < -0.3 is 14.4 Å². The average molecular weight is 363 g/mol. The number of hydrogen-bond donors (Lipinski definition) is 0. The number of nitrogens with zero attached hydrogens (tertiary/aromatic N) is 3. The molecular weight excluding hydrogens is 342 g/mol. The highest BCUT2D eigenvalue weighted by atomic mass is 32.1. The number of methoxy groups -OCH3 is 1. The number of piperidine rings is 1. The molecule has 1 fully saturated rings. The van der Waals surface area contributed by atoms with Crippen molar-refractivity contribution in [3.8, 4) is 5.88 Å². The Morgan fingerprint density at radius 1 is 1.28 bits per heavy atom. The summed E-state index contributed by atoms with van der Waals surface area (Å²) in [5.41, 5.74) is 1.09. The maximum absolute atomic E-state index is 12.4. The maximum atomic E-state index is 12.4. The summed E-state index contributed by atoms with van der Waals surface area (Å²) < 4.78 is 10.5. The van der Waals surface area contributed by atoms with Crippen LogP contribution in [0, 0.1) is 19.8 Å². The fourth-order valence-electron chi connectivity index (χ4n) is 3.01. The van der Waals surface area contributed by atoms with E-state index in [2.05, 4.69) is 9.97 Å². The minimum atomic E-state index is -0.199. The first-order valence-electron chi connectivity index (χ1n) is 8.20. The minimum absolute atomic E-state index is 0.0661. The van der Waals surface area contributed by atoms with Gasteiger partial charge in [-0.15, -0.1) is 11.3 Å². The lowest BCUT2D eigenvalue weighted by Gasteiger charge is -2.30. The Morgan fingerprint density at radius 2 is 2.00 bits per heavy atom. The van der Waals surface area contributed by atoms with Crippen molar-refractivity contribution >= 4 is 33.4 Å². The molecule has 3 rings (SSSR count). The van der Waals surface area contributed by atoms with Crippen molar-refractivity contribution in [2.45, 2.75) is 26.7 Å². The minimum Gasteiger partial charge on any atom is -0.469 e. The van der Waals surface area contributed by atoms with Gasteiger partial charge in [-0.2, -0.15) is 0 Å². The molecule has 0 aliphatic carbocycles. The number of esters is 1. The predicted octanol–water partition coefficient (Wildman–Crippen LogP) is 2.10. The zero-order chi connectivity index (χ0) is 18.0. The van der Waals surface area contributed by atoms with Crippen LogP contribution in [0.25, 0.3) is 10.2 Å². The number of amides is 1. The Kier molecular flexibility index (Phi) is 5.17. The summed E-state index contributed by atoms with van der Waals surface area (Å²) in [4.78, 5) is 36.1. The number of fused-ring (bicyclic) bond motifs is 1. The van der Waals surface area contributed by atoms with Crippen molar-refractivity contribution < 1.29 is 19.1 Å². The van der Waals surface area contributed by atoms with Crippen LogP contribution in [0.5, 0.6) is 5.88 Å². The van der Waals surface area contributed by atoms with Gasteiger partial charge in [0.25, 0.3) is 5.91 Å². The van der Waals surface area contributed by atoms with Crippen molar-refractivity contribution in [1.29, 1.82) is 0 Å². The van der Waals surface area contributed by atoms with Crippen LogP contribution >= 0.6 is 11.3 Å². The second-order valence-corrected chi connectivity index (χ2v) is 7.31. The van der Waals surface area contributed by atoms with E-state index in [1.54, 1.807) is 16.2 Å². The molecule has 0 bridgehead atoms. The fraction of sp³-hybridized carbons (Fsp3) is 0.529. The average Bonchev–Trinajstić information content (AvgIpc) is 2.94. The van der Waals surface area contributed by atoms with Crippen LogP contribution in [0.3, 0.4) is 0 Å². The first kappa shape index (κ1) is 17.6. The fourth-order valence-corrected chi connectivity index (χ4v) is 4.00. The van der Waals surface area contributed by atoms with E-state index in [-0.39, 0.29) is 24.4 Å². The van der Waals surface area contributed by atoms with E-state index in [1.807, 2.05) is 13.8 Å². The van der Waals surface area contributed by atoms with Crippen LogP contribution in [0.15, 0.2) is 6.33 Å². The van der Waals surface area contributed by atoms with E-state index in [9.17, 15) is 9.59 Å². The molecule has 0 unspecified atom stereocenters. The normalized spacial score (nSPS) is 15.4. The molecule has 7 nitrogen and oxygen atoms in total. The van der Waals surface area contributed by atoms with E-state index >= 15 is 0 Å². The zero-order valence-corrected chi connectivity index (χ0v) is 15.4. The van der Waals surface area contributed by atoms with E-state index < -0.39 is 0 Å². The molecule has 0 atom stereocenters. The van der Waals surface area contributed by atoms with Gasteiger partial charge in [-0.1, -0.05) is 0 Å². The molecule has 0 saturated carbocycles. The van der Waals surface area contributed by atoms with Crippen molar-refractivity contribution in [2.24, 2.45) is 5.92 Å². The van der Waals surface area contributed by atoms with Crippen molar-refractivity contribution in [3.63, 3.8) is 0 Å². The molecule has 0 radical (unpaired) electrons. The maximum Gasteiger partial charge on any atom is 0.308 e. The molecule has 1 saturated heterocycles. The first-order chi connectivity index (χ1) is 12.0. The molecule has 2 aromatic rings. The highest BCUT2D eigenvalue weighted by Crippen LogP contribution is 2.33. The second-order valence-electron chi connectivity index (χ2n) is 6.11. The monoisotopic (exact) mass is 363 g/mol. The van der Waals surface area contributed by atoms with Gasteiger partial charge in [0.15, 0.2) is 6.61 Å². The van der Waals surface area contributed by atoms with Gasteiger partial charge in [-0.3, -0.25) is 9.59 Å². The van der Waals surface area contributed by atoms with Crippen LogP contribution < -0.4 is 4.74 Å². The summed E-state index contributed by atoms with van der Waals surface area (Å²) in [6.07, 6.45) is 2.71. The third-order valence-electron chi connectivity index (χ3n) is 4.65. The van der Waals surface area contributed by atoms with Crippen molar-refractivity contribution in [3.05, 3.63) is 16.8 Å².